The number of rotatable bonds is 5. The van der Waals surface area contributed by atoms with E-state index in [-0.39, 0.29) is 24.3 Å². The van der Waals surface area contributed by atoms with Crippen molar-refractivity contribution in [2.75, 3.05) is 10.6 Å². The first-order valence-corrected chi connectivity index (χ1v) is 7.15. The number of nitrogens with two attached hydrogens (primary N) is 1. The van der Waals surface area contributed by atoms with E-state index in [1.54, 1.807) is 30.3 Å². The highest BCUT2D eigenvalue weighted by Crippen LogP contribution is 2.30. The Bertz CT molecular complexity index is 687. The molecule has 4 N–H and O–H groups in total. The standard InChI is InChI=1S/C16H17N3O3/c17-8-14-7-11(9-22-14)16(21)19-13-5-3-12(4-6-13)18-15(20)10-1-2-10/h3-7,9-10H,1-2,8,17H2,(H,18,20)(H,19,21). The molecule has 0 bridgehead atoms. The van der Waals surface area contributed by atoms with Gasteiger partial charge in [0, 0.05) is 17.3 Å². The highest BCUT2D eigenvalue weighted by atomic mass is 16.3. The fraction of sp³-hybridized carbons (Fsp3) is 0.250. The number of nitrogens with one attached hydrogen (secondary N) is 2. The van der Waals surface area contributed by atoms with E-state index in [4.69, 9.17) is 10.2 Å². The summed E-state index contributed by atoms with van der Waals surface area (Å²) < 4.78 is 5.13. The second-order valence-corrected chi connectivity index (χ2v) is 5.30. The van der Waals surface area contributed by atoms with Gasteiger partial charge in [-0.15, -0.1) is 0 Å². The molecule has 1 heterocycles. The molecule has 6 heteroatoms. The maximum absolute atomic E-state index is 12.0. The number of amides is 2. The molecule has 1 aliphatic carbocycles. The molecule has 2 amide bonds. The van der Waals surface area contributed by atoms with Gasteiger partial charge in [0.15, 0.2) is 0 Å². The van der Waals surface area contributed by atoms with Crippen LogP contribution in [0, 0.1) is 5.92 Å². The second kappa shape index (κ2) is 6.03. The molecule has 1 aromatic carbocycles. The molecule has 0 spiro atoms. The lowest BCUT2D eigenvalue weighted by molar-refractivity contribution is -0.117. The summed E-state index contributed by atoms with van der Waals surface area (Å²) >= 11 is 0. The molecule has 1 fully saturated rings. The van der Waals surface area contributed by atoms with Crippen LogP contribution in [0.5, 0.6) is 0 Å². The van der Waals surface area contributed by atoms with E-state index in [1.165, 1.54) is 6.26 Å². The van der Waals surface area contributed by atoms with Crippen molar-refractivity contribution in [3.8, 4) is 0 Å². The number of carbonyl (C=O) groups is 2. The summed E-state index contributed by atoms with van der Waals surface area (Å²) in [6.07, 6.45) is 3.31. The summed E-state index contributed by atoms with van der Waals surface area (Å²) in [5, 5.41) is 5.61. The molecule has 114 valence electrons. The Balaban J connectivity index is 1.60. The molecule has 0 atom stereocenters. The van der Waals surface area contributed by atoms with Crippen molar-refractivity contribution >= 4 is 23.2 Å². The Labute approximate surface area is 127 Å². The van der Waals surface area contributed by atoms with Gasteiger partial charge in [-0.3, -0.25) is 9.59 Å². The average Bonchev–Trinajstić information content (AvgIpc) is 3.26. The molecule has 0 aliphatic heterocycles. The van der Waals surface area contributed by atoms with Crippen molar-refractivity contribution in [3.63, 3.8) is 0 Å². The Morgan fingerprint density at radius 1 is 1.14 bits per heavy atom. The van der Waals surface area contributed by atoms with E-state index in [1.807, 2.05) is 0 Å². The molecule has 2 aromatic rings. The van der Waals surface area contributed by atoms with Crippen molar-refractivity contribution in [2.45, 2.75) is 19.4 Å². The number of anilines is 2. The molecular formula is C16H17N3O3. The largest absolute Gasteiger partial charge is 0.467 e. The minimum absolute atomic E-state index is 0.0597. The van der Waals surface area contributed by atoms with Crippen LogP contribution in [-0.2, 0) is 11.3 Å². The molecular weight excluding hydrogens is 282 g/mol. The third kappa shape index (κ3) is 3.35. The van der Waals surface area contributed by atoms with Gasteiger partial charge in [-0.05, 0) is 43.2 Å². The van der Waals surface area contributed by atoms with Crippen LogP contribution < -0.4 is 16.4 Å². The van der Waals surface area contributed by atoms with E-state index in [9.17, 15) is 9.59 Å². The first kappa shape index (κ1) is 14.3. The number of hydrogen-bond donors (Lipinski definition) is 3. The predicted octanol–water partition coefficient (Wildman–Crippen LogP) is 2.34. The van der Waals surface area contributed by atoms with Crippen molar-refractivity contribution in [1.29, 1.82) is 0 Å². The monoisotopic (exact) mass is 299 g/mol. The lowest BCUT2D eigenvalue weighted by atomic mass is 10.2. The quantitative estimate of drug-likeness (QED) is 0.789. The first-order chi connectivity index (χ1) is 10.7. The smallest absolute Gasteiger partial charge is 0.258 e. The van der Waals surface area contributed by atoms with Crippen molar-refractivity contribution < 1.29 is 14.0 Å². The first-order valence-electron chi connectivity index (χ1n) is 7.15. The zero-order valence-corrected chi connectivity index (χ0v) is 12.0. The Morgan fingerprint density at radius 3 is 2.32 bits per heavy atom. The Kier molecular flexibility index (Phi) is 3.93. The zero-order chi connectivity index (χ0) is 15.5. The molecule has 0 unspecified atom stereocenters. The minimum Gasteiger partial charge on any atom is -0.467 e. The minimum atomic E-state index is -0.266. The third-order valence-electron chi connectivity index (χ3n) is 3.48. The van der Waals surface area contributed by atoms with Gasteiger partial charge in [0.2, 0.25) is 5.91 Å². The van der Waals surface area contributed by atoms with E-state index in [0.29, 0.717) is 17.0 Å². The normalized spacial score (nSPS) is 13.7. The van der Waals surface area contributed by atoms with Crippen LogP contribution >= 0.6 is 0 Å². The maximum Gasteiger partial charge on any atom is 0.258 e. The molecule has 22 heavy (non-hydrogen) atoms. The summed E-state index contributed by atoms with van der Waals surface area (Å²) in [6.45, 7) is 0.253. The van der Waals surface area contributed by atoms with Gasteiger partial charge >= 0.3 is 0 Å². The van der Waals surface area contributed by atoms with Crippen LogP contribution in [0.3, 0.4) is 0 Å². The van der Waals surface area contributed by atoms with Crippen LogP contribution in [0.15, 0.2) is 41.0 Å². The van der Waals surface area contributed by atoms with Gasteiger partial charge in [-0.1, -0.05) is 0 Å². The van der Waals surface area contributed by atoms with E-state index in [2.05, 4.69) is 10.6 Å². The van der Waals surface area contributed by atoms with Gasteiger partial charge in [-0.2, -0.15) is 0 Å². The van der Waals surface area contributed by atoms with Gasteiger partial charge in [0.05, 0.1) is 12.1 Å². The number of furan rings is 1. The topological polar surface area (TPSA) is 97.4 Å². The van der Waals surface area contributed by atoms with Crippen molar-refractivity contribution in [1.82, 2.24) is 0 Å². The summed E-state index contributed by atoms with van der Waals surface area (Å²) in [7, 11) is 0. The van der Waals surface area contributed by atoms with Crippen LogP contribution in [0.4, 0.5) is 11.4 Å². The Hall–Kier alpha value is -2.60. The van der Waals surface area contributed by atoms with Crippen LogP contribution in [0.25, 0.3) is 0 Å². The summed E-state index contributed by atoms with van der Waals surface area (Å²) in [4.78, 5) is 23.7. The lowest BCUT2D eigenvalue weighted by Gasteiger charge is -2.07. The molecule has 0 radical (unpaired) electrons. The highest BCUT2D eigenvalue weighted by Gasteiger charge is 2.29. The average molecular weight is 299 g/mol. The molecule has 0 saturated heterocycles. The van der Waals surface area contributed by atoms with E-state index >= 15 is 0 Å². The van der Waals surface area contributed by atoms with E-state index in [0.717, 1.165) is 18.5 Å². The molecule has 6 nitrogen and oxygen atoms in total. The van der Waals surface area contributed by atoms with Crippen molar-refractivity contribution in [2.24, 2.45) is 11.7 Å². The van der Waals surface area contributed by atoms with Gasteiger partial charge in [0.1, 0.15) is 12.0 Å². The molecule has 3 rings (SSSR count). The fourth-order valence-corrected chi connectivity index (χ4v) is 2.04. The lowest BCUT2D eigenvalue weighted by Crippen LogP contribution is -2.13. The molecule has 1 saturated carbocycles. The number of benzene rings is 1. The van der Waals surface area contributed by atoms with Gasteiger partial charge in [0.25, 0.3) is 5.91 Å². The summed E-state index contributed by atoms with van der Waals surface area (Å²) in [5.74, 6) is 0.517. The van der Waals surface area contributed by atoms with Gasteiger partial charge < -0.3 is 20.8 Å². The molecule has 1 aliphatic rings. The Morgan fingerprint density at radius 2 is 1.77 bits per heavy atom. The number of carbonyl (C=O) groups excluding carboxylic acids is 2. The van der Waals surface area contributed by atoms with E-state index < -0.39 is 0 Å². The zero-order valence-electron chi connectivity index (χ0n) is 12.0. The SMILES string of the molecule is NCc1cc(C(=O)Nc2ccc(NC(=O)C3CC3)cc2)co1. The number of hydrogen-bond acceptors (Lipinski definition) is 4. The van der Waals surface area contributed by atoms with Crippen LogP contribution in [-0.4, -0.2) is 11.8 Å². The van der Waals surface area contributed by atoms with Crippen LogP contribution in [0.2, 0.25) is 0 Å². The summed E-state index contributed by atoms with van der Waals surface area (Å²) in [5.41, 5.74) is 7.23. The van der Waals surface area contributed by atoms with Crippen molar-refractivity contribution in [3.05, 3.63) is 47.9 Å². The third-order valence-corrected chi connectivity index (χ3v) is 3.48. The highest BCUT2D eigenvalue weighted by molar-refractivity contribution is 6.04. The summed E-state index contributed by atoms with van der Waals surface area (Å²) in [6, 6.07) is 8.61. The maximum atomic E-state index is 12.0. The molecule has 1 aromatic heterocycles. The predicted molar refractivity (Wildman–Crippen MR) is 82.3 cm³/mol. The second-order valence-electron chi connectivity index (χ2n) is 5.30. The van der Waals surface area contributed by atoms with Gasteiger partial charge in [-0.25, -0.2) is 0 Å². The van der Waals surface area contributed by atoms with Crippen LogP contribution in [0.1, 0.15) is 29.0 Å². The fourth-order valence-electron chi connectivity index (χ4n) is 2.04.